The van der Waals surface area contributed by atoms with E-state index in [0.29, 0.717) is 6.54 Å². The molecule has 0 amide bonds. The first-order valence-electron chi connectivity index (χ1n) is 6.80. The second-order valence-corrected chi connectivity index (χ2v) is 6.96. The molecule has 0 aliphatic carbocycles. The zero-order chi connectivity index (χ0) is 14.5. The van der Waals surface area contributed by atoms with Crippen molar-refractivity contribution in [1.29, 1.82) is 0 Å². The Bertz CT molecular complexity index is 539. The molecule has 1 aromatic heterocycles. The Morgan fingerprint density at radius 3 is 2.75 bits per heavy atom. The van der Waals surface area contributed by atoms with Crippen LogP contribution in [0.25, 0.3) is 0 Å². The van der Waals surface area contributed by atoms with E-state index in [-0.39, 0.29) is 6.04 Å². The zero-order valence-corrected chi connectivity index (χ0v) is 14.4. The van der Waals surface area contributed by atoms with Crippen molar-refractivity contribution in [2.45, 2.75) is 19.4 Å². The van der Waals surface area contributed by atoms with E-state index >= 15 is 0 Å². The number of benzene rings is 1. The third-order valence-electron chi connectivity index (χ3n) is 3.63. The van der Waals surface area contributed by atoms with Crippen LogP contribution in [0.4, 0.5) is 0 Å². The average molecular weight is 353 g/mol. The molecule has 0 aliphatic rings. The zero-order valence-electron chi connectivity index (χ0n) is 12.0. The highest BCUT2D eigenvalue weighted by atomic mass is 79.9. The van der Waals surface area contributed by atoms with Gasteiger partial charge in [0, 0.05) is 28.5 Å². The van der Waals surface area contributed by atoms with E-state index in [1.54, 1.807) is 0 Å². The second-order valence-electron chi connectivity index (χ2n) is 5.07. The van der Waals surface area contributed by atoms with E-state index in [4.69, 9.17) is 5.73 Å². The van der Waals surface area contributed by atoms with E-state index in [0.717, 1.165) is 17.4 Å². The van der Waals surface area contributed by atoms with Crippen LogP contribution < -0.4 is 5.73 Å². The summed E-state index contributed by atoms with van der Waals surface area (Å²) in [4.78, 5) is 3.77. The van der Waals surface area contributed by atoms with Gasteiger partial charge in [-0.3, -0.25) is 4.90 Å². The Labute approximate surface area is 133 Å². The van der Waals surface area contributed by atoms with Gasteiger partial charge in [0.1, 0.15) is 0 Å². The fraction of sp³-hybridized carbons (Fsp3) is 0.375. The first-order chi connectivity index (χ1) is 9.61. The van der Waals surface area contributed by atoms with Gasteiger partial charge in [-0.1, -0.05) is 34.1 Å². The van der Waals surface area contributed by atoms with E-state index < -0.39 is 0 Å². The van der Waals surface area contributed by atoms with Gasteiger partial charge >= 0.3 is 0 Å². The number of thiophene rings is 1. The Kier molecular flexibility index (Phi) is 5.78. The average Bonchev–Trinajstić information content (AvgIpc) is 2.94. The number of hydrogen-bond acceptors (Lipinski definition) is 3. The number of halogens is 1. The van der Waals surface area contributed by atoms with Crippen LogP contribution in [-0.4, -0.2) is 25.0 Å². The minimum absolute atomic E-state index is 0.270. The van der Waals surface area contributed by atoms with E-state index in [1.807, 2.05) is 11.3 Å². The van der Waals surface area contributed by atoms with Crippen molar-refractivity contribution in [2.75, 3.05) is 20.1 Å². The maximum absolute atomic E-state index is 5.99. The fourth-order valence-electron chi connectivity index (χ4n) is 2.28. The summed E-state index contributed by atoms with van der Waals surface area (Å²) in [6, 6.07) is 11.1. The smallest absolute Gasteiger partial charge is 0.0467 e. The Hall–Kier alpha value is -0.680. The van der Waals surface area contributed by atoms with Crippen molar-refractivity contribution in [2.24, 2.45) is 5.73 Å². The van der Waals surface area contributed by atoms with Gasteiger partial charge in [0.05, 0.1) is 0 Å². The first-order valence-corrected chi connectivity index (χ1v) is 8.48. The number of nitrogens with zero attached hydrogens (tertiary/aromatic N) is 1. The van der Waals surface area contributed by atoms with Crippen LogP contribution in [-0.2, 0) is 6.42 Å². The molecule has 20 heavy (non-hydrogen) atoms. The summed E-state index contributed by atoms with van der Waals surface area (Å²) in [6.45, 7) is 3.76. The van der Waals surface area contributed by atoms with Gasteiger partial charge in [-0.25, -0.2) is 0 Å². The van der Waals surface area contributed by atoms with Gasteiger partial charge in [0.2, 0.25) is 0 Å². The first kappa shape index (κ1) is 15.7. The van der Waals surface area contributed by atoms with Gasteiger partial charge in [0.25, 0.3) is 0 Å². The topological polar surface area (TPSA) is 29.3 Å². The highest BCUT2D eigenvalue weighted by Gasteiger charge is 2.16. The third-order valence-corrected chi connectivity index (χ3v) is 5.42. The summed E-state index contributed by atoms with van der Waals surface area (Å²) < 4.78 is 1.15. The van der Waals surface area contributed by atoms with E-state index in [2.05, 4.69) is 70.5 Å². The molecule has 0 fully saturated rings. The summed E-state index contributed by atoms with van der Waals surface area (Å²) >= 11 is 5.42. The third kappa shape index (κ3) is 3.92. The molecule has 0 saturated heterocycles. The molecule has 1 heterocycles. The second kappa shape index (κ2) is 7.36. The number of likely N-dealkylation sites (N-methyl/N-ethyl adjacent to an activating group) is 1. The van der Waals surface area contributed by atoms with Crippen LogP contribution in [0.2, 0.25) is 0 Å². The minimum Gasteiger partial charge on any atom is -0.329 e. The number of nitrogens with two attached hydrogens (primary N) is 1. The van der Waals surface area contributed by atoms with E-state index in [9.17, 15) is 0 Å². The SMILES string of the molecule is Cc1ccc(C(CN)N(C)CCc2cccs2)cc1Br. The summed E-state index contributed by atoms with van der Waals surface area (Å²) in [6.07, 6.45) is 1.08. The lowest BCUT2D eigenvalue weighted by atomic mass is 10.0. The lowest BCUT2D eigenvalue weighted by Crippen LogP contribution is -2.32. The molecule has 1 unspecified atom stereocenters. The standard InChI is InChI=1S/C16H21BrN2S/c1-12-5-6-13(10-15(12)17)16(11-18)19(2)8-7-14-4-3-9-20-14/h3-6,9-10,16H,7-8,11,18H2,1-2H3. The molecule has 2 nitrogen and oxygen atoms in total. The monoisotopic (exact) mass is 352 g/mol. The molecule has 1 atom stereocenters. The predicted octanol–water partition coefficient (Wildman–Crippen LogP) is 3.99. The van der Waals surface area contributed by atoms with Crippen molar-refractivity contribution < 1.29 is 0 Å². The fourth-order valence-corrected chi connectivity index (χ4v) is 3.38. The van der Waals surface area contributed by atoms with Crippen LogP contribution in [0, 0.1) is 6.92 Å². The molecular formula is C16H21BrN2S. The van der Waals surface area contributed by atoms with Gasteiger partial charge in [-0.05, 0) is 49.0 Å². The molecular weight excluding hydrogens is 332 g/mol. The summed E-state index contributed by atoms with van der Waals surface area (Å²) in [7, 11) is 2.15. The Morgan fingerprint density at radius 2 is 2.15 bits per heavy atom. The summed E-state index contributed by atoms with van der Waals surface area (Å²) in [5, 5.41) is 2.13. The molecule has 2 N–H and O–H groups in total. The van der Waals surface area contributed by atoms with Gasteiger partial charge in [0.15, 0.2) is 0 Å². The van der Waals surface area contributed by atoms with E-state index in [1.165, 1.54) is 16.0 Å². The van der Waals surface area contributed by atoms with Crippen molar-refractivity contribution in [1.82, 2.24) is 4.90 Å². The minimum atomic E-state index is 0.270. The van der Waals surface area contributed by atoms with Crippen LogP contribution in [0.15, 0.2) is 40.2 Å². The molecule has 2 aromatic rings. The van der Waals surface area contributed by atoms with Crippen LogP contribution >= 0.6 is 27.3 Å². The quantitative estimate of drug-likeness (QED) is 0.851. The lowest BCUT2D eigenvalue weighted by molar-refractivity contribution is 0.253. The highest BCUT2D eigenvalue weighted by Crippen LogP contribution is 2.25. The summed E-state index contributed by atoms with van der Waals surface area (Å²) in [5.74, 6) is 0. The molecule has 0 bridgehead atoms. The maximum atomic E-state index is 5.99. The molecule has 0 spiro atoms. The molecule has 0 radical (unpaired) electrons. The van der Waals surface area contributed by atoms with Gasteiger partial charge in [-0.15, -0.1) is 11.3 Å². The van der Waals surface area contributed by atoms with Crippen molar-refractivity contribution in [3.05, 3.63) is 56.2 Å². The number of rotatable bonds is 6. The van der Waals surface area contributed by atoms with Crippen LogP contribution in [0.5, 0.6) is 0 Å². The van der Waals surface area contributed by atoms with Crippen molar-refractivity contribution >= 4 is 27.3 Å². The summed E-state index contributed by atoms with van der Waals surface area (Å²) in [5.41, 5.74) is 8.52. The molecule has 0 saturated carbocycles. The normalized spacial score (nSPS) is 12.8. The van der Waals surface area contributed by atoms with Gasteiger partial charge in [-0.2, -0.15) is 0 Å². The largest absolute Gasteiger partial charge is 0.329 e. The molecule has 108 valence electrons. The Balaban J connectivity index is 2.04. The predicted molar refractivity (Wildman–Crippen MR) is 91.3 cm³/mol. The molecule has 1 aromatic carbocycles. The number of hydrogen-bond donors (Lipinski definition) is 1. The highest BCUT2D eigenvalue weighted by molar-refractivity contribution is 9.10. The Morgan fingerprint density at radius 1 is 1.35 bits per heavy atom. The molecule has 2 rings (SSSR count). The molecule has 4 heteroatoms. The number of aryl methyl sites for hydroxylation is 1. The van der Waals surface area contributed by atoms with Crippen molar-refractivity contribution in [3.63, 3.8) is 0 Å². The molecule has 0 aliphatic heterocycles. The lowest BCUT2D eigenvalue weighted by Gasteiger charge is -2.27. The maximum Gasteiger partial charge on any atom is 0.0467 e. The van der Waals surface area contributed by atoms with Gasteiger partial charge < -0.3 is 5.73 Å². The van der Waals surface area contributed by atoms with Crippen LogP contribution in [0.3, 0.4) is 0 Å². The van der Waals surface area contributed by atoms with Crippen LogP contribution in [0.1, 0.15) is 22.0 Å². The van der Waals surface area contributed by atoms with Crippen molar-refractivity contribution in [3.8, 4) is 0 Å².